The zero-order chi connectivity index (χ0) is 26.7. The summed E-state index contributed by atoms with van der Waals surface area (Å²) in [7, 11) is 0. The van der Waals surface area contributed by atoms with Gasteiger partial charge in [0.1, 0.15) is 24.4 Å². The Labute approximate surface area is 226 Å². The molecular formula is C30H57NO6. The van der Waals surface area contributed by atoms with Gasteiger partial charge in [-0.05, 0) is 40.7 Å². The van der Waals surface area contributed by atoms with Crippen molar-refractivity contribution in [2.75, 3.05) is 26.2 Å². The van der Waals surface area contributed by atoms with E-state index in [2.05, 4.69) is 11.8 Å². The summed E-state index contributed by atoms with van der Waals surface area (Å²) >= 11 is 0. The Bertz CT molecular complexity index is 629. The molecule has 3 rings (SSSR count). The van der Waals surface area contributed by atoms with Crippen LogP contribution in [0.25, 0.3) is 0 Å². The quantitative estimate of drug-likeness (QED) is 0.202. The van der Waals surface area contributed by atoms with Gasteiger partial charge in [0.25, 0.3) is 0 Å². The molecule has 7 heteroatoms. The number of hydrogen-bond donors (Lipinski definition) is 1. The van der Waals surface area contributed by atoms with E-state index in [1.807, 2.05) is 27.7 Å². The molecule has 3 aliphatic rings. The molecule has 0 spiro atoms. The Hall–Kier alpha value is -0.280. The van der Waals surface area contributed by atoms with Crippen molar-refractivity contribution in [2.45, 2.75) is 167 Å². The zero-order valence-corrected chi connectivity index (χ0v) is 24.6. The van der Waals surface area contributed by atoms with Crippen molar-refractivity contribution in [3.05, 3.63) is 0 Å². The van der Waals surface area contributed by atoms with Crippen LogP contribution in [0.2, 0.25) is 0 Å². The molecule has 0 amide bonds. The first-order valence-electron chi connectivity index (χ1n) is 15.4. The molecule has 218 valence electrons. The van der Waals surface area contributed by atoms with Crippen molar-refractivity contribution in [3.63, 3.8) is 0 Å². The normalized spacial score (nSPS) is 30.1. The van der Waals surface area contributed by atoms with Crippen LogP contribution in [0.15, 0.2) is 0 Å². The van der Waals surface area contributed by atoms with Crippen molar-refractivity contribution < 1.29 is 28.8 Å². The smallest absolute Gasteiger partial charge is 0.190 e. The largest absolute Gasteiger partial charge is 0.395 e. The van der Waals surface area contributed by atoms with Gasteiger partial charge in [0, 0.05) is 13.1 Å². The molecule has 37 heavy (non-hydrogen) atoms. The number of aliphatic hydroxyl groups is 1. The molecule has 0 aromatic heterocycles. The molecular weight excluding hydrogens is 470 g/mol. The van der Waals surface area contributed by atoms with Gasteiger partial charge >= 0.3 is 0 Å². The first-order valence-corrected chi connectivity index (χ1v) is 15.4. The fraction of sp³-hybridized carbons (Fsp3) is 1.00. The van der Waals surface area contributed by atoms with Crippen LogP contribution >= 0.6 is 0 Å². The molecule has 5 atom stereocenters. The number of aliphatic hydroxyl groups excluding tert-OH is 1. The second kappa shape index (κ2) is 15.5. The van der Waals surface area contributed by atoms with E-state index in [0.29, 0.717) is 13.1 Å². The molecule has 3 aliphatic heterocycles. The Kier molecular flexibility index (Phi) is 13.1. The number of nitrogens with zero attached hydrogens (tertiary/aromatic N) is 1. The lowest BCUT2D eigenvalue weighted by Crippen LogP contribution is -2.58. The highest BCUT2D eigenvalue weighted by atomic mass is 16.9. The second-order valence-corrected chi connectivity index (χ2v) is 12.3. The Morgan fingerprint density at radius 3 is 1.65 bits per heavy atom. The molecule has 0 aromatic carbocycles. The summed E-state index contributed by atoms with van der Waals surface area (Å²) in [6, 6.07) is 0. The average molecular weight is 528 g/mol. The van der Waals surface area contributed by atoms with Crippen molar-refractivity contribution >= 4 is 0 Å². The van der Waals surface area contributed by atoms with Crippen LogP contribution in [0, 0.1) is 0 Å². The van der Waals surface area contributed by atoms with Crippen LogP contribution in [-0.4, -0.2) is 78.5 Å². The highest BCUT2D eigenvalue weighted by Gasteiger charge is 2.60. The van der Waals surface area contributed by atoms with Crippen molar-refractivity contribution in [2.24, 2.45) is 0 Å². The maximum atomic E-state index is 9.69. The van der Waals surface area contributed by atoms with E-state index in [1.165, 1.54) is 83.5 Å². The minimum absolute atomic E-state index is 0.140. The average Bonchev–Trinajstić information content (AvgIpc) is 3.33. The first-order chi connectivity index (χ1) is 17.7. The molecule has 1 N–H and O–H groups in total. The SMILES string of the molecule is CCCCCCCCCCCCCCCCN(CCO)C[C@H]1O[C@@H]2OC(C)(C)O[C@@H]2[C@H]2OC(C)(C)O[C@H]21. The topological polar surface area (TPSA) is 69.6 Å². The van der Waals surface area contributed by atoms with E-state index in [4.69, 9.17) is 23.7 Å². The molecule has 0 saturated carbocycles. The minimum atomic E-state index is -0.704. The van der Waals surface area contributed by atoms with E-state index in [0.717, 1.165) is 13.0 Å². The van der Waals surface area contributed by atoms with E-state index < -0.39 is 17.9 Å². The van der Waals surface area contributed by atoms with E-state index >= 15 is 0 Å². The van der Waals surface area contributed by atoms with Crippen molar-refractivity contribution in [1.29, 1.82) is 0 Å². The third-order valence-corrected chi connectivity index (χ3v) is 7.93. The van der Waals surface area contributed by atoms with Gasteiger partial charge in [0.15, 0.2) is 17.9 Å². The highest BCUT2D eigenvalue weighted by Crippen LogP contribution is 2.44. The fourth-order valence-corrected chi connectivity index (χ4v) is 6.06. The summed E-state index contributed by atoms with van der Waals surface area (Å²) in [5, 5.41) is 9.69. The summed E-state index contributed by atoms with van der Waals surface area (Å²) in [5.74, 6) is -1.39. The number of rotatable bonds is 19. The van der Waals surface area contributed by atoms with Crippen LogP contribution in [0.3, 0.4) is 0 Å². The molecule has 0 aromatic rings. The minimum Gasteiger partial charge on any atom is -0.395 e. The van der Waals surface area contributed by atoms with Crippen molar-refractivity contribution in [3.8, 4) is 0 Å². The van der Waals surface area contributed by atoms with Gasteiger partial charge in [-0.25, -0.2) is 0 Å². The number of hydrogen-bond acceptors (Lipinski definition) is 7. The van der Waals surface area contributed by atoms with E-state index in [9.17, 15) is 5.11 Å². The van der Waals surface area contributed by atoms with Gasteiger partial charge < -0.3 is 28.8 Å². The maximum absolute atomic E-state index is 9.69. The van der Waals surface area contributed by atoms with Crippen LogP contribution in [-0.2, 0) is 23.7 Å². The number of fused-ring (bicyclic) bond motifs is 3. The Balaban J connectivity index is 1.32. The summed E-state index contributed by atoms with van der Waals surface area (Å²) < 4.78 is 31.0. The van der Waals surface area contributed by atoms with Crippen LogP contribution in [0.5, 0.6) is 0 Å². The molecule has 3 heterocycles. The van der Waals surface area contributed by atoms with E-state index in [1.54, 1.807) is 0 Å². The lowest BCUT2D eigenvalue weighted by molar-refractivity contribution is -0.236. The predicted molar refractivity (Wildman–Crippen MR) is 146 cm³/mol. The molecule has 3 fully saturated rings. The van der Waals surface area contributed by atoms with Crippen molar-refractivity contribution in [1.82, 2.24) is 4.90 Å². The third kappa shape index (κ3) is 10.3. The molecule has 0 aliphatic carbocycles. The van der Waals surface area contributed by atoms with Crippen LogP contribution < -0.4 is 0 Å². The standard InChI is InChI=1S/C30H57NO6/c1-6-7-8-9-10-11-12-13-14-15-16-17-18-19-20-31(21-22-32)23-24-25-26(35-29(2,3)34-25)27-28(33-24)37-30(4,5)36-27/h24-28,32H,6-23H2,1-5H3/t24-,25+,26+,27-,28-/m1/s1. The Morgan fingerprint density at radius 1 is 0.595 bits per heavy atom. The van der Waals surface area contributed by atoms with E-state index in [-0.39, 0.29) is 31.0 Å². The summed E-state index contributed by atoms with van der Waals surface area (Å²) in [6.45, 7) is 12.4. The first kappa shape index (κ1) is 31.3. The molecule has 0 radical (unpaired) electrons. The lowest BCUT2D eigenvalue weighted by Gasteiger charge is -2.39. The van der Waals surface area contributed by atoms with Crippen LogP contribution in [0.4, 0.5) is 0 Å². The monoisotopic (exact) mass is 527 g/mol. The van der Waals surface area contributed by atoms with Gasteiger partial charge in [0.2, 0.25) is 0 Å². The van der Waals surface area contributed by atoms with Crippen LogP contribution in [0.1, 0.15) is 125 Å². The maximum Gasteiger partial charge on any atom is 0.190 e. The van der Waals surface area contributed by atoms with Gasteiger partial charge in [-0.2, -0.15) is 0 Å². The molecule has 0 bridgehead atoms. The summed E-state index contributed by atoms with van der Waals surface area (Å²) in [5.41, 5.74) is 0. The second-order valence-electron chi connectivity index (χ2n) is 12.3. The molecule has 0 unspecified atom stereocenters. The molecule has 3 saturated heterocycles. The number of ether oxygens (including phenoxy) is 5. The van der Waals surface area contributed by atoms with Gasteiger partial charge in [-0.3, -0.25) is 4.90 Å². The third-order valence-electron chi connectivity index (χ3n) is 7.93. The van der Waals surface area contributed by atoms with Gasteiger partial charge in [-0.1, -0.05) is 90.4 Å². The number of unbranched alkanes of at least 4 members (excludes halogenated alkanes) is 13. The van der Waals surface area contributed by atoms with Gasteiger partial charge in [-0.15, -0.1) is 0 Å². The summed E-state index contributed by atoms with van der Waals surface area (Å²) in [4.78, 5) is 2.30. The fourth-order valence-electron chi connectivity index (χ4n) is 6.06. The zero-order valence-electron chi connectivity index (χ0n) is 24.6. The summed E-state index contributed by atoms with van der Waals surface area (Å²) in [6.07, 6.45) is 17.6. The molecule has 7 nitrogen and oxygen atoms in total. The van der Waals surface area contributed by atoms with Gasteiger partial charge in [0.05, 0.1) is 6.61 Å². The predicted octanol–water partition coefficient (Wildman–Crippen LogP) is 6.16. The highest BCUT2D eigenvalue weighted by molar-refractivity contribution is 5.00. The lowest BCUT2D eigenvalue weighted by atomic mass is 9.98. The Morgan fingerprint density at radius 2 is 1.08 bits per heavy atom.